The molecule has 0 saturated carbocycles. The van der Waals surface area contributed by atoms with E-state index in [9.17, 15) is 19.2 Å². The van der Waals surface area contributed by atoms with Gasteiger partial charge in [-0.15, -0.1) is 0 Å². The molecule has 8 heteroatoms. The molecule has 3 amide bonds. The van der Waals surface area contributed by atoms with Crippen molar-refractivity contribution in [2.75, 3.05) is 13.7 Å². The van der Waals surface area contributed by atoms with E-state index in [1.54, 1.807) is 42.5 Å². The topological polar surface area (TPSA) is 102 Å². The lowest BCUT2D eigenvalue weighted by atomic mass is 10.1. The molecule has 1 aliphatic heterocycles. The van der Waals surface area contributed by atoms with Gasteiger partial charge in [0.1, 0.15) is 12.4 Å². The highest BCUT2D eigenvalue weighted by Gasteiger charge is 2.28. The predicted molar refractivity (Wildman–Crippen MR) is 103 cm³/mol. The number of esters is 1. The van der Waals surface area contributed by atoms with E-state index in [0.717, 1.165) is 4.90 Å². The van der Waals surface area contributed by atoms with Crippen LogP contribution in [0.2, 0.25) is 0 Å². The number of hydrogen-bond donors (Lipinski definition) is 1. The number of nitrogens with zero attached hydrogens (tertiary/aromatic N) is 1. The third kappa shape index (κ3) is 4.60. The minimum absolute atomic E-state index is 0.00245. The van der Waals surface area contributed by atoms with Crippen molar-refractivity contribution < 1.29 is 28.7 Å². The van der Waals surface area contributed by atoms with Gasteiger partial charge in [0.25, 0.3) is 0 Å². The summed E-state index contributed by atoms with van der Waals surface area (Å²) in [6, 6.07) is 11.0. The Bertz CT molecular complexity index is 952. The summed E-state index contributed by atoms with van der Waals surface area (Å²) in [5.41, 5.74) is 2.13. The number of urea groups is 1. The Hall–Kier alpha value is -3.68. The van der Waals surface area contributed by atoms with Crippen molar-refractivity contribution in [2.45, 2.75) is 20.1 Å². The summed E-state index contributed by atoms with van der Waals surface area (Å²) in [6.45, 7) is 1.54. The summed E-state index contributed by atoms with van der Waals surface area (Å²) < 4.78 is 10.6. The number of Topliss-reactive ketones (excluding diaryl/α,β-unsaturated/α-hetero) is 1. The van der Waals surface area contributed by atoms with Gasteiger partial charge in [0.05, 0.1) is 25.8 Å². The zero-order valence-electron chi connectivity index (χ0n) is 16.1. The van der Waals surface area contributed by atoms with Crippen LogP contribution in [0, 0.1) is 0 Å². The van der Waals surface area contributed by atoms with Gasteiger partial charge >= 0.3 is 12.0 Å². The van der Waals surface area contributed by atoms with Crippen LogP contribution in [-0.2, 0) is 22.7 Å². The highest BCUT2D eigenvalue weighted by molar-refractivity contribution is 6.01. The molecule has 0 spiro atoms. The van der Waals surface area contributed by atoms with E-state index in [2.05, 4.69) is 5.32 Å². The standard InChI is InChI=1S/C21H20N2O6/c1-13(24)16-7-8-18(28-2)17(9-16)12-29-20(26)15-5-3-14(4-6-15)11-23-19(25)10-22-21(23)27/h3-9H,10-12H2,1-2H3,(H,22,27). The van der Waals surface area contributed by atoms with E-state index in [1.807, 2.05) is 0 Å². The Morgan fingerprint density at radius 1 is 1.07 bits per heavy atom. The molecule has 150 valence electrons. The molecule has 1 saturated heterocycles. The van der Waals surface area contributed by atoms with Gasteiger partial charge in [0.15, 0.2) is 5.78 Å². The lowest BCUT2D eigenvalue weighted by Gasteiger charge is -2.13. The van der Waals surface area contributed by atoms with E-state index >= 15 is 0 Å². The van der Waals surface area contributed by atoms with Crippen LogP contribution in [0.5, 0.6) is 5.75 Å². The number of methoxy groups -OCH3 is 1. The Labute approximate surface area is 167 Å². The number of ether oxygens (including phenoxy) is 2. The molecule has 0 aromatic heterocycles. The van der Waals surface area contributed by atoms with Crippen LogP contribution in [0.1, 0.15) is 38.8 Å². The third-order valence-electron chi connectivity index (χ3n) is 4.51. The summed E-state index contributed by atoms with van der Waals surface area (Å²) in [5.74, 6) is -0.408. The van der Waals surface area contributed by atoms with Crippen LogP contribution in [0.3, 0.4) is 0 Å². The van der Waals surface area contributed by atoms with Crippen LogP contribution in [0.25, 0.3) is 0 Å². The fourth-order valence-corrected chi connectivity index (χ4v) is 2.88. The minimum atomic E-state index is -0.540. The number of hydrogen-bond acceptors (Lipinski definition) is 6. The smallest absolute Gasteiger partial charge is 0.338 e. The van der Waals surface area contributed by atoms with Gasteiger partial charge in [-0.3, -0.25) is 14.5 Å². The first-order valence-electron chi connectivity index (χ1n) is 8.91. The molecule has 8 nitrogen and oxygen atoms in total. The molecule has 1 aliphatic rings. The molecule has 29 heavy (non-hydrogen) atoms. The van der Waals surface area contributed by atoms with E-state index in [-0.39, 0.29) is 31.4 Å². The highest BCUT2D eigenvalue weighted by atomic mass is 16.5. The SMILES string of the molecule is COc1ccc(C(C)=O)cc1COC(=O)c1ccc(CN2C(=O)CNC2=O)cc1. The van der Waals surface area contributed by atoms with Crippen LogP contribution < -0.4 is 10.1 Å². The number of carbonyl (C=O) groups is 4. The fourth-order valence-electron chi connectivity index (χ4n) is 2.88. The van der Waals surface area contributed by atoms with Gasteiger partial charge in [0.2, 0.25) is 5.91 Å². The van der Waals surface area contributed by atoms with E-state index in [0.29, 0.717) is 28.0 Å². The summed E-state index contributed by atoms with van der Waals surface area (Å²) in [5, 5.41) is 2.45. The number of imide groups is 1. The average Bonchev–Trinajstić information content (AvgIpc) is 3.04. The van der Waals surface area contributed by atoms with Gasteiger partial charge in [-0.1, -0.05) is 12.1 Å². The van der Waals surface area contributed by atoms with Gasteiger partial charge in [-0.25, -0.2) is 9.59 Å². The molecular weight excluding hydrogens is 376 g/mol. The van der Waals surface area contributed by atoms with Crippen molar-refractivity contribution in [2.24, 2.45) is 0 Å². The maximum Gasteiger partial charge on any atom is 0.338 e. The lowest BCUT2D eigenvalue weighted by Crippen LogP contribution is -2.30. The molecule has 0 atom stereocenters. The van der Waals surface area contributed by atoms with Crippen molar-refractivity contribution >= 4 is 23.7 Å². The Morgan fingerprint density at radius 3 is 2.34 bits per heavy atom. The van der Waals surface area contributed by atoms with Crippen LogP contribution in [0.4, 0.5) is 4.79 Å². The average molecular weight is 396 g/mol. The first-order valence-corrected chi connectivity index (χ1v) is 8.91. The normalized spacial score (nSPS) is 13.2. The zero-order chi connectivity index (χ0) is 21.0. The van der Waals surface area contributed by atoms with Crippen molar-refractivity contribution in [3.05, 3.63) is 64.7 Å². The lowest BCUT2D eigenvalue weighted by molar-refractivity contribution is -0.125. The second kappa shape index (κ2) is 8.55. The quantitative estimate of drug-likeness (QED) is 0.438. The Morgan fingerprint density at radius 2 is 1.76 bits per heavy atom. The first-order chi connectivity index (χ1) is 13.9. The molecule has 0 unspecified atom stereocenters. The number of amides is 3. The van der Waals surface area contributed by atoms with Crippen LogP contribution >= 0.6 is 0 Å². The Kier molecular flexibility index (Phi) is 5.92. The van der Waals surface area contributed by atoms with Crippen LogP contribution in [-0.4, -0.2) is 42.2 Å². The van der Waals surface area contributed by atoms with Gasteiger partial charge in [-0.05, 0) is 42.8 Å². The number of nitrogens with one attached hydrogen (secondary N) is 1. The van der Waals surface area contributed by atoms with Crippen molar-refractivity contribution in [1.82, 2.24) is 10.2 Å². The molecule has 1 N–H and O–H groups in total. The highest BCUT2D eigenvalue weighted by Crippen LogP contribution is 2.22. The van der Waals surface area contributed by atoms with Crippen molar-refractivity contribution in [1.29, 1.82) is 0 Å². The van der Waals surface area contributed by atoms with Gasteiger partial charge in [-0.2, -0.15) is 0 Å². The Balaban J connectivity index is 1.64. The third-order valence-corrected chi connectivity index (χ3v) is 4.51. The molecule has 3 rings (SSSR count). The number of ketones is 1. The maximum absolute atomic E-state index is 12.3. The summed E-state index contributed by atoms with van der Waals surface area (Å²) in [4.78, 5) is 48.2. The van der Waals surface area contributed by atoms with Crippen molar-refractivity contribution in [3.63, 3.8) is 0 Å². The summed E-state index contributed by atoms with van der Waals surface area (Å²) in [7, 11) is 1.50. The minimum Gasteiger partial charge on any atom is -0.496 e. The number of rotatable bonds is 7. The molecule has 0 radical (unpaired) electrons. The zero-order valence-corrected chi connectivity index (χ0v) is 16.1. The van der Waals surface area contributed by atoms with Crippen molar-refractivity contribution in [3.8, 4) is 5.75 Å². The van der Waals surface area contributed by atoms with Gasteiger partial charge in [0, 0.05) is 11.1 Å². The molecule has 1 fully saturated rings. The molecule has 1 heterocycles. The maximum atomic E-state index is 12.3. The second-order valence-electron chi connectivity index (χ2n) is 6.49. The first kappa shape index (κ1) is 20.1. The van der Waals surface area contributed by atoms with E-state index < -0.39 is 12.0 Å². The molecular formula is C21H20N2O6. The van der Waals surface area contributed by atoms with Crippen LogP contribution in [0.15, 0.2) is 42.5 Å². The number of carbonyl (C=O) groups excluding carboxylic acids is 4. The molecule has 0 bridgehead atoms. The molecule has 2 aromatic carbocycles. The number of benzene rings is 2. The largest absolute Gasteiger partial charge is 0.496 e. The van der Waals surface area contributed by atoms with E-state index in [1.165, 1.54) is 14.0 Å². The monoisotopic (exact) mass is 396 g/mol. The summed E-state index contributed by atoms with van der Waals surface area (Å²) >= 11 is 0. The second-order valence-corrected chi connectivity index (χ2v) is 6.49. The fraction of sp³-hybridized carbons (Fsp3) is 0.238. The molecule has 2 aromatic rings. The van der Waals surface area contributed by atoms with Gasteiger partial charge < -0.3 is 14.8 Å². The summed E-state index contributed by atoms with van der Waals surface area (Å²) in [6.07, 6.45) is 0. The predicted octanol–water partition coefficient (Wildman–Crippen LogP) is 2.31. The van der Waals surface area contributed by atoms with E-state index in [4.69, 9.17) is 9.47 Å². The molecule has 0 aliphatic carbocycles.